The van der Waals surface area contributed by atoms with Gasteiger partial charge in [-0.3, -0.25) is 0 Å². The minimum absolute atomic E-state index is 0.325. The van der Waals surface area contributed by atoms with E-state index in [1.807, 2.05) is 6.07 Å². The smallest absolute Gasteiger partial charge is 0.0643 e. The van der Waals surface area contributed by atoms with Crippen molar-refractivity contribution in [2.75, 3.05) is 31.6 Å². The van der Waals surface area contributed by atoms with Crippen molar-refractivity contribution >= 4 is 5.69 Å². The van der Waals surface area contributed by atoms with Gasteiger partial charge in [0.1, 0.15) is 0 Å². The van der Waals surface area contributed by atoms with Crippen molar-refractivity contribution in [1.82, 2.24) is 4.90 Å². The molecule has 0 aromatic heterocycles. The summed E-state index contributed by atoms with van der Waals surface area (Å²) in [5, 5.41) is 8.87. The number of anilines is 1. The van der Waals surface area contributed by atoms with Crippen molar-refractivity contribution in [3.8, 4) is 6.07 Å². The summed E-state index contributed by atoms with van der Waals surface area (Å²) in [6.45, 7) is 3.05. The minimum atomic E-state index is 0.325. The van der Waals surface area contributed by atoms with E-state index in [1.54, 1.807) is 0 Å². The van der Waals surface area contributed by atoms with Crippen molar-refractivity contribution in [3.63, 3.8) is 0 Å². The summed E-state index contributed by atoms with van der Waals surface area (Å²) in [5.41, 5.74) is 1.23. The molecule has 3 heteroatoms. The first kappa shape index (κ1) is 11.0. The van der Waals surface area contributed by atoms with Crippen LogP contribution in [0.4, 0.5) is 5.69 Å². The van der Waals surface area contributed by atoms with E-state index in [0.717, 1.165) is 19.6 Å². The highest BCUT2D eigenvalue weighted by Gasteiger charge is 2.24. The third-order valence-electron chi connectivity index (χ3n) is 3.10. The van der Waals surface area contributed by atoms with Crippen LogP contribution in [0, 0.1) is 11.3 Å². The number of benzene rings is 1. The van der Waals surface area contributed by atoms with Crippen molar-refractivity contribution in [1.29, 1.82) is 5.26 Å². The van der Waals surface area contributed by atoms with E-state index < -0.39 is 0 Å². The molecule has 1 atom stereocenters. The molecule has 1 aliphatic rings. The molecule has 1 fully saturated rings. The molecule has 0 spiro atoms. The van der Waals surface area contributed by atoms with Crippen LogP contribution in [-0.4, -0.2) is 37.6 Å². The summed E-state index contributed by atoms with van der Waals surface area (Å²) in [6, 6.07) is 13.0. The van der Waals surface area contributed by atoms with Crippen LogP contribution in [0.3, 0.4) is 0 Å². The molecule has 0 bridgehead atoms. The van der Waals surface area contributed by atoms with Crippen LogP contribution in [0.1, 0.15) is 6.42 Å². The summed E-state index contributed by atoms with van der Waals surface area (Å²) in [7, 11) is 2.12. The monoisotopic (exact) mass is 215 g/mol. The Morgan fingerprint density at radius 2 is 2.06 bits per heavy atom. The zero-order valence-electron chi connectivity index (χ0n) is 9.63. The zero-order chi connectivity index (χ0) is 11.4. The third-order valence-corrected chi connectivity index (χ3v) is 3.10. The Morgan fingerprint density at radius 3 is 2.75 bits per heavy atom. The number of hydrogen-bond acceptors (Lipinski definition) is 3. The first-order valence-corrected chi connectivity index (χ1v) is 5.68. The number of rotatable bonds is 2. The molecule has 84 valence electrons. The summed E-state index contributed by atoms with van der Waals surface area (Å²) < 4.78 is 0. The minimum Gasteiger partial charge on any atom is -0.365 e. The topological polar surface area (TPSA) is 30.3 Å². The molecule has 0 N–H and O–H groups in total. The molecule has 16 heavy (non-hydrogen) atoms. The fourth-order valence-corrected chi connectivity index (χ4v) is 2.25. The van der Waals surface area contributed by atoms with Crippen molar-refractivity contribution in [2.45, 2.75) is 12.5 Å². The molecular weight excluding hydrogens is 198 g/mol. The Balaban J connectivity index is 2.16. The van der Waals surface area contributed by atoms with Crippen LogP contribution in [0.25, 0.3) is 0 Å². The van der Waals surface area contributed by atoms with Crippen molar-refractivity contribution in [3.05, 3.63) is 30.3 Å². The van der Waals surface area contributed by atoms with Gasteiger partial charge in [-0.05, 0) is 19.2 Å². The summed E-state index contributed by atoms with van der Waals surface area (Å²) in [4.78, 5) is 4.64. The van der Waals surface area contributed by atoms with Crippen LogP contribution in [0.15, 0.2) is 30.3 Å². The molecule has 1 saturated heterocycles. The predicted molar refractivity (Wildman–Crippen MR) is 65.3 cm³/mol. The molecule has 0 saturated carbocycles. The van der Waals surface area contributed by atoms with Crippen LogP contribution in [-0.2, 0) is 0 Å². The first-order chi connectivity index (χ1) is 7.81. The second-order valence-corrected chi connectivity index (χ2v) is 4.31. The van der Waals surface area contributed by atoms with E-state index in [4.69, 9.17) is 5.26 Å². The number of hydrogen-bond donors (Lipinski definition) is 0. The Hall–Kier alpha value is -1.53. The molecule has 0 amide bonds. The maximum atomic E-state index is 8.87. The summed E-state index contributed by atoms with van der Waals surface area (Å²) in [5.74, 6) is 0. The van der Waals surface area contributed by atoms with E-state index in [2.05, 4.69) is 47.2 Å². The lowest BCUT2D eigenvalue weighted by Crippen LogP contribution is -2.51. The van der Waals surface area contributed by atoms with Gasteiger partial charge in [0.25, 0.3) is 0 Å². The standard InChI is InChI=1S/C13H17N3/c1-15-9-10-16(13(11-15)7-8-14)12-5-3-2-4-6-12/h2-6,13H,7,9-11H2,1H3. The molecule has 1 aromatic rings. The molecule has 1 aliphatic heterocycles. The molecule has 0 radical (unpaired) electrons. The fraction of sp³-hybridized carbons (Fsp3) is 0.462. The highest BCUT2D eigenvalue weighted by molar-refractivity contribution is 5.47. The predicted octanol–water partition coefficient (Wildman–Crippen LogP) is 1.72. The maximum Gasteiger partial charge on any atom is 0.0643 e. The van der Waals surface area contributed by atoms with Crippen LogP contribution < -0.4 is 4.90 Å². The average molecular weight is 215 g/mol. The Morgan fingerprint density at radius 1 is 1.31 bits per heavy atom. The fourth-order valence-electron chi connectivity index (χ4n) is 2.25. The second kappa shape index (κ2) is 5.00. The van der Waals surface area contributed by atoms with Gasteiger partial charge in [0, 0.05) is 25.3 Å². The molecule has 2 rings (SSSR count). The highest BCUT2D eigenvalue weighted by Crippen LogP contribution is 2.21. The van der Waals surface area contributed by atoms with Gasteiger partial charge >= 0.3 is 0 Å². The van der Waals surface area contributed by atoms with Crippen LogP contribution in [0.2, 0.25) is 0 Å². The summed E-state index contributed by atoms with van der Waals surface area (Å²) in [6.07, 6.45) is 0.596. The quantitative estimate of drug-likeness (QED) is 0.752. The highest BCUT2D eigenvalue weighted by atomic mass is 15.3. The van der Waals surface area contributed by atoms with Crippen LogP contribution in [0.5, 0.6) is 0 Å². The van der Waals surface area contributed by atoms with E-state index in [-0.39, 0.29) is 0 Å². The number of nitrogens with zero attached hydrogens (tertiary/aromatic N) is 3. The van der Waals surface area contributed by atoms with Crippen LogP contribution >= 0.6 is 0 Å². The third kappa shape index (κ3) is 2.34. The molecule has 1 unspecified atom stereocenters. The van der Waals surface area contributed by atoms with Gasteiger partial charge in [-0.2, -0.15) is 5.26 Å². The van der Waals surface area contributed by atoms with E-state index in [1.165, 1.54) is 5.69 Å². The zero-order valence-corrected chi connectivity index (χ0v) is 9.63. The molecule has 3 nitrogen and oxygen atoms in total. The number of para-hydroxylation sites is 1. The molecule has 1 heterocycles. The van der Waals surface area contributed by atoms with Gasteiger partial charge in [0.15, 0.2) is 0 Å². The maximum absolute atomic E-state index is 8.87. The lowest BCUT2D eigenvalue weighted by molar-refractivity contribution is 0.268. The van der Waals surface area contributed by atoms with Gasteiger partial charge in [-0.25, -0.2) is 0 Å². The lowest BCUT2D eigenvalue weighted by atomic mass is 10.1. The Labute approximate surface area is 96.9 Å². The van der Waals surface area contributed by atoms with Gasteiger partial charge in [0.2, 0.25) is 0 Å². The van der Waals surface area contributed by atoms with Gasteiger partial charge in [0.05, 0.1) is 18.5 Å². The number of likely N-dealkylation sites (N-methyl/N-ethyl adjacent to an activating group) is 1. The van der Waals surface area contributed by atoms with E-state index in [0.29, 0.717) is 12.5 Å². The molecular formula is C13H17N3. The first-order valence-electron chi connectivity index (χ1n) is 5.68. The van der Waals surface area contributed by atoms with Gasteiger partial charge in [-0.15, -0.1) is 0 Å². The molecule has 1 aromatic carbocycles. The Bertz CT molecular complexity index is 369. The Kier molecular flexibility index (Phi) is 3.43. The van der Waals surface area contributed by atoms with Gasteiger partial charge < -0.3 is 9.80 Å². The lowest BCUT2D eigenvalue weighted by Gasteiger charge is -2.40. The van der Waals surface area contributed by atoms with E-state index in [9.17, 15) is 0 Å². The average Bonchev–Trinajstić information content (AvgIpc) is 2.31. The van der Waals surface area contributed by atoms with E-state index >= 15 is 0 Å². The van der Waals surface area contributed by atoms with Crippen molar-refractivity contribution < 1.29 is 0 Å². The second-order valence-electron chi connectivity index (χ2n) is 4.31. The number of piperazine rings is 1. The van der Waals surface area contributed by atoms with Crippen molar-refractivity contribution in [2.24, 2.45) is 0 Å². The normalized spacial score (nSPS) is 21.8. The largest absolute Gasteiger partial charge is 0.365 e. The SMILES string of the molecule is CN1CCN(c2ccccc2)C(CC#N)C1. The van der Waals surface area contributed by atoms with Gasteiger partial charge in [-0.1, -0.05) is 18.2 Å². The molecule has 0 aliphatic carbocycles. The summed E-state index contributed by atoms with van der Waals surface area (Å²) >= 11 is 0. The number of nitriles is 1.